The van der Waals surface area contributed by atoms with Crippen LogP contribution < -0.4 is 0 Å². The van der Waals surface area contributed by atoms with Gasteiger partial charge >= 0.3 is 0 Å². The Morgan fingerprint density at radius 3 is 1.26 bits per heavy atom. The predicted molar refractivity (Wildman–Crippen MR) is 174 cm³/mol. The Balaban J connectivity index is 1.20. The van der Waals surface area contributed by atoms with Crippen molar-refractivity contribution in [1.29, 1.82) is 0 Å². The number of pyridine rings is 3. The van der Waals surface area contributed by atoms with E-state index in [1.807, 2.05) is 12.4 Å². The summed E-state index contributed by atoms with van der Waals surface area (Å²) in [6.45, 7) is 0. The summed E-state index contributed by atoms with van der Waals surface area (Å²) in [4.78, 5) is 14.6. The van der Waals surface area contributed by atoms with Crippen molar-refractivity contribution in [3.63, 3.8) is 0 Å². The highest BCUT2D eigenvalue weighted by atomic mass is 14.7. The quantitative estimate of drug-likeness (QED) is 0.225. The molecular weight excluding hydrogens is 510 g/mol. The van der Waals surface area contributed by atoms with Gasteiger partial charge in [-0.2, -0.15) is 0 Å². The van der Waals surface area contributed by atoms with Gasteiger partial charge in [0.1, 0.15) is 0 Å². The molecule has 0 atom stereocenters. The second-order valence-corrected chi connectivity index (χ2v) is 10.5. The number of benzene rings is 5. The van der Waals surface area contributed by atoms with Gasteiger partial charge in [-0.15, -0.1) is 0 Å². The van der Waals surface area contributed by atoms with Gasteiger partial charge in [0.25, 0.3) is 0 Å². The minimum atomic E-state index is 0.945. The first kappa shape index (κ1) is 24.2. The lowest BCUT2D eigenvalue weighted by Crippen LogP contribution is -1.92. The minimum absolute atomic E-state index is 0.945. The molecule has 3 heteroatoms. The summed E-state index contributed by atoms with van der Waals surface area (Å²) in [5.41, 5.74) is 8.24. The van der Waals surface area contributed by atoms with Crippen LogP contribution in [0.4, 0.5) is 0 Å². The van der Waals surface area contributed by atoms with E-state index in [1.54, 1.807) is 0 Å². The third kappa shape index (κ3) is 4.20. The third-order valence-electron chi connectivity index (χ3n) is 7.97. The van der Waals surface area contributed by atoms with Crippen LogP contribution in [-0.2, 0) is 0 Å². The molecule has 0 aliphatic heterocycles. The van der Waals surface area contributed by atoms with Crippen LogP contribution in [0.5, 0.6) is 0 Å². The number of hydrogen-bond acceptors (Lipinski definition) is 3. The number of fused-ring (bicyclic) bond motifs is 3. The molecule has 3 nitrogen and oxygen atoms in total. The van der Waals surface area contributed by atoms with E-state index < -0.39 is 0 Å². The van der Waals surface area contributed by atoms with Crippen molar-refractivity contribution in [3.8, 4) is 45.0 Å². The van der Waals surface area contributed by atoms with Crippen LogP contribution >= 0.6 is 0 Å². The molecule has 8 aromatic rings. The van der Waals surface area contributed by atoms with Crippen molar-refractivity contribution >= 4 is 32.3 Å². The van der Waals surface area contributed by atoms with Crippen molar-refractivity contribution in [3.05, 3.63) is 152 Å². The summed E-state index contributed by atoms with van der Waals surface area (Å²) in [6.07, 6.45) is 3.76. The monoisotopic (exact) mass is 535 g/mol. The highest BCUT2D eigenvalue weighted by Gasteiger charge is 2.12. The standard InChI is InChI=1S/C39H25N3/c1-4-10-33-26(7-1)21-23-40-37(33)29-15-13-28(14-16-29)36-25-32-9-3-6-12-35(32)39(42-36)31-19-17-30(18-20-31)38-34-11-5-2-8-27(34)22-24-41-38/h1-25H. The van der Waals surface area contributed by atoms with Gasteiger partial charge < -0.3 is 0 Å². The number of rotatable bonds is 4. The van der Waals surface area contributed by atoms with Gasteiger partial charge in [-0.3, -0.25) is 9.97 Å². The molecular formula is C39H25N3. The van der Waals surface area contributed by atoms with Crippen LogP contribution in [-0.4, -0.2) is 15.0 Å². The molecule has 0 radical (unpaired) electrons. The molecule has 3 aromatic heterocycles. The minimum Gasteiger partial charge on any atom is -0.256 e. The van der Waals surface area contributed by atoms with E-state index in [-0.39, 0.29) is 0 Å². The Kier molecular flexibility index (Phi) is 5.79. The summed E-state index contributed by atoms with van der Waals surface area (Å²) in [5, 5.41) is 6.98. The van der Waals surface area contributed by atoms with Crippen LogP contribution in [0.2, 0.25) is 0 Å². The lowest BCUT2D eigenvalue weighted by Gasteiger charge is -2.12. The summed E-state index contributed by atoms with van der Waals surface area (Å²) >= 11 is 0. The Morgan fingerprint density at radius 1 is 0.333 bits per heavy atom. The molecule has 5 aromatic carbocycles. The molecule has 0 unspecified atom stereocenters. The fraction of sp³-hybridized carbons (Fsp3) is 0. The average Bonchev–Trinajstić information content (AvgIpc) is 3.07. The average molecular weight is 536 g/mol. The molecule has 0 saturated carbocycles. The van der Waals surface area contributed by atoms with E-state index in [0.717, 1.165) is 66.6 Å². The van der Waals surface area contributed by atoms with E-state index in [1.165, 1.54) is 10.8 Å². The smallest absolute Gasteiger partial charge is 0.0787 e. The van der Waals surface area contributed by atoms with E-state index in [9.17, 15) is 0 Å². The van der Waals surface area contributed by atoms with Crippen molar-refractivity contribution < 1.29 is 0 Å². The molecule has 42 heavy (non-hydrogen) atoms. The molecule has 0 aliphatic rings. The molecule has 0 N–H and O–H groups in total. The molecule has 196 valence electrons. The van der Waals surface area contributed by atoms with Gasteiger partial charge in [-0.25, -0.2) is 4.98 Å². The molecule has 3 heterocycles. The van der Waals surface area contributed by atoms with Gasteiger partial charge in [0.05, 0.1) is 22.8 Å². The van der Waals surface area contributed by atoms with Gasteiger partial charge in [0.2, 0.25) is 0 Å². The van der Waals surface area contributed by atoms with Gasteiger partial charge in [0.15, 0.2) is 0 Å². The fourth-order valence-corrected chi connectivity index (χ4v) is 5.85. The van der Waals surface area contributed by atoms with E-state index >= 15 is 0 Å². The van der Waals surface area contributed by atoms with Gasteiger partial charge in [0, 0.05) is 50.8 Å². The van der Waals surface area contributed by atoms with Crippen molar-refractivity contribution in [2.75, 3.05) is 0 Å². The van der Waals surface area contributed by atoms with E-state index in [0.29, 0.717) is 0 Å². The van der Waals surface area contributed by atoms with Crippen molar-refractivity contribution in [2.24, 2.45) is 0 Å². The first-order valence-corrected chi connectivity index (χ1v) is 14.1. The second kappa shape index (κ2) is 10.1. The van der Waals surface area contributed by atoms with Gasteiger partial charge in [-0.1, -0.05) is 121 Å². The molecule has 8 rings (SSSR count). The topological polar surface area (TPSA) is 38.7 Å². The molecule has 0 spiro atoms. The Hall–Kier alpha value is -5.67. The maximum absolute atomic E-state index is 5.21. The SMILES string of the molecule is c1ccc2c(-c3ccc(-c4cc5ccccc5c(-c5ccc(-c6nccc7ccccc67)cc5)n4)cc3)nccc2c1. The summed E-state index contributed by atoms with van der Waals surface area (Å²) in [5.74, 6) is 0. The Labute approximate surface area is 243 Å². The van der Waals surface area contributed by atoms with Crippen molar-refractivity contribution in [2.45, 2.75) is 0 Å². The largest absolute Gasteiger partial charge is 0.256 e. The summed E-state index contributed by atoms with van der Waals surface area (Å²) < 4.78 is 0. The highest BCUT2D eigenvalue weighted by Crippen LogP contribution is 2.34. The highest BCUT2D eigenvalue weighted by molar-refractivity contribution is 5.99. The summed E-state index contributed by atoms with van der Waals surface area (Å²) in [6, 6.07) is 48.7. The normalized spacial score (nSPS) is 11.3. The Morgan fingerprint density at radius 2 is 0.738 bits per heavy atom. The summed E-state index contributed by atoms with van der Waals surface area (Å²) in [7, 11) is 0. The first-order chi connectivity index (χ1) is 20.8. The molecule has 0 amide bonds. The van der Waals surface area contributed by atoms with Crippen molar-refractivity contribution in [1.82, 2.24) is 15.0 Å². The lowest BCUT2D eigenvalue weighted by molar-refractivity contribution is 1.33. The first-order valence-electron chi connectivity index (χ1n) is 14.1. The van der Waals surface area contributed by atoms with Crippen LogP contribution in [0, 0.1) is 0 Å². The number of nitrogens with zero attached hydrogens (tertiary/aromatic N) is 3. The zero-order valence-electron chi connectivity index (χ0n) is 22.8. The third-order valence-corrected chi connectivity index (χ3v) is 7.97. The lowest BCUT2D eigenvalue weighted by atomic mass is 9.98. The number of aromatic nitrogens is 3. The van der Waals surface area contributed by atoms with E-state index in [2.05, 4.69) is 140 Å². The molecule has 0 fully saturated rings. The molecule has 0 bridgehead atoms. The number of hydrogen-bond donors (Lipinski definition) is 0. The van der Waals surface area contributed by atoms with Crippen LogP contribution in [0.1, 0.15) is 0 Å². The fourth-order valence-electron chi connectivity index (χ4n) is 5.85. The van der Waals surface area contributed by atoms with Crippen LogP contribution in [0.15, 0.2) is 152 Å². The second-order valence-electron chi connectivity index (χ2n) is 10.5. The zero-order valence-corrected chi connectivity index (χ0v) is 22.8. The van der Waals surface area contributed by atoms with Crippen LogP contribution in [0.25, 0.3) is 77.3 Å². The zero-order chi connectivity index (χ0) is 27.9. The molecule has 0 saturated heterocycles. The maximum Gasteiger partial charge on any atom is 0.0787 e. The van der Waals surface area contributed by atoms with Crippen LogP contribution in [0.3, 0.4) is 0 Å². The van der Waals surface area contributed by atoms with E-state index in [4.69, 9.17) is 15.0 Å². The maximum atomic E-state index is 5.21. The Bertz CT molecular complexity index is 2220. The molecule has 0 aliphatic carbocycles. The van der Waals surface area contributed by atoms with Gasteiger partial charge in [-0.05, 0) is 34.4 Å². The predicted octanol–water partition coefficient (Wildman–Crippen LogP) is 10.00.